The van der Waals surface area contributed by atoms with Crippen LogP contribution in [0.2, 0.25) is 0 Å². The van der Waals surface area contributed by atoms with Gasteiger partial charge >= 0.3 is 0 Å². The van der Waals surface area contributed by atoms with E-state index in [0.717, 1.165) is 16.7 Å². The number of rotatable bonds is 6. The minimum absolute atomic E-state index is 0.145. The lowest BCUT2D eigenvalue weighted by molar-refractivity contribution is -0.118. The molecule has 0 spiro atoms. The fraction of sp³-hybridized carbons (Fsp3) is 0.150. The van der Waals surface area contributed by atoms with E-state index in [9.17, 15) is 9.59 Å². The molecule has 2 amide bonds. The average molecular weight is 348 g/mol. The summed E-state index contributed by atoms with van der Waals surface area (Å²) >= 11 is 0. The summed E-state index contributed by atoms with van der Waals surface area (Å²) in [6, 6.07) is 17.9. The zero-order valence-electron chi connectivity index (χ0n) is 14.5. The molecule has 6 nitrogen and oxygen atoms in total. The van der Waals surface area contributed by atoms with Crippen LogP contribution in [0.25, 0.3) is 11.1 Å². The molecule has 0 bridgehead atoms. The summed E-state index contributed by atoms with van der Waals surface area (Å²) in [6.07, 6.45) is 3.10. The molecule has 0 fully saturated rings. The van der Waals surface area contributed by atoms with E-state index in [1.807, 2.05) is 54.6 Å². The van der Waals surface area contributed by atoms with Gasteiger partial charge < -0.3 is 10.6 Å². The monoisotopic (exact) mass is 348 g/mol. The third-order valence-corrected chi connectivity index (χ3v) is 4.02. The Morgan fingerprint density at radius 2 is 1.69 bits per heavy atom. The summed E-state index contributed by atoms with van der Waals surface area (Å²) in [7, 11) is 1.73. The number of carbonyl (C=O) groups excluding carboxylic acids is 2. The first-order valence-corrected chi connectivity index (χ1v) is 8.23. The van der Waals surface area contributed by atoms with Gasteiger partial charge in [0.2, 0.25) is 5.91 Å². The van der Waals surface area contributed by atoms with Gasteiger partial charge in [0, 0.05) is 19.8 Å². The minimum atomic E-state index is -0.553. The summed E-state index contributed by atoms with van der Waals surface area (Å²) in [6.45, 7) is 0.153. The quantitative estimate of drug-likeness (QED) is 0.741. The van der Waals surface area contributed by atoms with Crippen LogP contribution < -0.4 is 5.73 Å². The first-order valence-electron chi connectivity index (χ1n) is 8.23. The van der Waals surface area contributed by atoms with Crippen molar-refractivity contribution in [1.29, 1.82) is 0 Å². The smallest absolute Gasteiger partial charge is 0.257 e. The Hall–Kier alpha value is -3.41. The van der Waals surface area contributed by atoms with Gasteiger partial charge in [-0.25, -0.2) is 0 Å². The second kappa shape index (κ2) is 7.65. The van der Waals surface area contributed by atoms with Gasteiger partial charge in [-0.2, -0.15) is 5.10 Å². The van der Waals surface area contributed by atoms with E-state index in [1.54, 1.807) is 17.9 Å². The van der Waals surface area contributed by atoms with Gasteiger partial charge in [-0.1, -0.05) is 54.6 Å². The van der Waals surface area contributed by atoms with E-state index in [-0.39, 0.29) is 12.5 Å². The Morgan fingerprint density at radius 3 is 2.27 bits per heavy atom. The Labute approximate surface area is 151 Å². The lowest BCUT2D eigenvalue weighted by atomic mass is 10.0. The summed E-state index contributed by atoms with van der Waals surface area (Å²) in [5, 5.41) is 4.00. The molecular weight excluding hydrogens is 328 g/mol. The second-order valence-corrected chi connectivity index (χ2v) is 6.09. The molecule has 26 heavy (non-hydrogen) atoms. The van der Waals surface area contributed by atoms with E-state index >= 15 is 0 Å². The van der Waals surface area contributed by atoms with Crippen molar-refractivity contribution in [1.82, 2.24) is 14.7 Å². The Balaban J connectivity index is 1.78. The van der Waals surface area contributed by atoms with Gasteiger partial charge in [-0.15, -0.1) is 0 Å². The van der Waals surface area contributed by atoms with Crippen LogP contribution >= 0.6 is 0 Å². The largest absolute Gasteiger partial charge is 0.368 e. The van der Waals surface area contributed by atoms with Crippen molar-refractivity contribution >= 4 is 11.8 Å². The molecule has 0 aliphatic rings. The van der Waals surface area contributed by atoms with Crippen LogP contribution in [0, 0.1) is 0 Å². The van der Waals surface area contributed by atoms with Gasteiger partial charge in [0.25, 0.3) is 5.91 Å². The van der Waals surface area contributed by atoms with Gasteiger partial charge in [-0.05, 0) is 16.7 Å². The number of primary amides is 1. The van der Waals surface area contributed by atoms with Gasteiger partial charge in [0.1, 0.15) is 0 Å². The Bertz CT molecular complexity index is 901. The van der Waals surface area contributed by atoms with Crippen LogP contribution in [0.3, 0.4) is 0 Å². The number of nitrogens with two attached hydrogens (primary N) is 1. The Kier molecular flexibility index (Phi) is 5.12. The fourth-order valence-corrected chi connectivity index (χ4v) is 2.76. The molecule has 6 heteroatoms. The molecule has 2 aromatic carbocycles. The number of amides is 2. The van der Waals surface area contributed by atoms with Crippen molar-refractivity contribution in [2.75, 3.05) is 6.54 Å². The molecule has 0 unspecified atom stereocenters. The zero-order valence-corrected chi connectivity index (χ0v) is 14.5. The Morgan fingerprint density at radius 1 is 1.04 bits per heavy atom. The highest BCUT2D eigenvalue weighted by molar-refractivity contribution is 5.95. The van der Waals surface area contributed by atoms with E-state index < -0.39 is 5.91 Å². The molecule has 0 aliphatic carbocycles. The average Bonchev–Trinajstić information content (AvgIpc) is 3.08. The molecule has 1 heterocycles. The molecule has 132 valence electrons. The fourth-order valence-electron chi connectivity index (χ4n) is 2.76. The van der Waals surface area contributed by atoms with Gasteiger partial charge in [0.05, 0.1) is 18.3 Å². The van der Waals surface area contributed by atoms with E-state index in [4.69, 9.17) is 5.73 Å². The minimum Gasteiger partial charge on any atom is -0.368 e. The maximum absolute atomic E-state index is 12.7. The van der Waals surface area contributed by atoms with Crippen molar-refractivity contribution in [2.24, 2.45) is 12.8 Å². The molecule has 0 aliphatic heterocycles. The highest BCUT2D eigenvalue weighted by Gasteiger charge is 2.19. The van der Waals surface area contributed by atoms with Crippen molar-refractivity contribution in [3.8, 4) is 11.1 Å². The lowest BCUT2D eigenvalue weighted by Crippen LogP contribution is -2.37. The van der Waals surface area contributed by atoms with Crippen molar-refractivity contribution in [2.45, 2.75) is 6.54 Å². The molecule has 0 saturated carbocycles. The molecular formula is C20H20N4O2. The van der Waals surface area contributed by atoms with Crippen molar-refractivity contribution in [3.05, 3.63) is 78.1 Å². The predicted octanol–water partition coefficient (Wildman–Crippen LogP) is 2.21. The van der Waals surface area contributed by atoms with E-state index in [1.165, 1.54) is 11.1 Å². The van der Waals surface area contributed by atoms with Crippen LogP contribution in [0.5, 0.6) is 0 Å². The highest BCUT2D eigenvalue weighted by atomic mass is 16.2. The summed E-state index contributed by atoms with van der Waals surface area (Å²) in [5.41, 5.74) is 8.88. The highest BCUT2D eigenvalue weighted by Crippen LogP contribution is 2.20. The third-order valence-electron chi connectivity index (χ3n) is 4.02. The molecule has 0 atom stereocenters. The standard InChI is InChI=1S/C20H20N4O2/c1-23-13-18(11-22-23)20(26)24(14-19(21)25)12-15-7-9-17(10-8-15)16-5-3-2-4-6-16/h2-11,13H,12,14H2,1H3,(H2,21,25). The number of aryl methyl sites for hydroxylation is 1. The molecule has 1 aromatic heterocycles. The predicted molar refractivity (Wildman–Crippen MR) is 99.0 cm³/mol. The number of benzene rings is 2. The molecule has 0 radical (unpaired) electrons. The van der Waals surface area contributed by atoms with Gasteiger partial charge in [-0.3, -0.25) is 14.3 Å². The number of hydrogen-bond donors (Lipinski definition) is 1. The lowest BCUT2D eigenvalue weighted by Gasteiger charge is -2.20. The number of carbonyl (C=O) groups is 2. The van der Waals surface area contributed by atoms with E-state index in [0.29, 0.717) is 12.1 Å². The van der Waals surface area contributed by atoms with Crippen LogP contribution in [-0.2, 0) is 18.4 Å². The third kappa shape index (κ3) is 4.16. The zero-order chi connectivity index (χ0) is 18.5. The maximum atomic E-state index is 12.7. The first-order chi connectivity index (χ1) is 12.5. The van der Waals surface area contributed by atoms with Crippen LogP contribution in [0.4, 0.5) is 0 Å². The first kappa shape index (κ1) is 17.4. The second-order valence-electron chi connectivity index (χ2n) is 6.09. The molecule has 3 aromatic rings. The van der Waals surface area contributed by atoms with Crippen molar-refractivity contribution < 1.29 is 9.59 Å². The van der Waals surface area contributed by atoms with Crippen LogP contribution in [0.1, 0.15) is 15.9 Å². The molecule has 3 rings (SSSR count). The number of nitrogens with zero attached hydrogens (tertiary/aromatic N) is 3. The van der Waals surface area contributed by atoms with Gasteiger partial charge in [0.15, 0.2) is 0 Å². The van der Waals surface area contributed by atoms with Crippen LogP contribution in [-0.4, -0.2) is 33.0 Å². The summed E-state index contributed by atoms with van der Waals surface area (Å²) in [5.74, 6) is -0.827. The summed E-state index contributed by atoms with van der Waals surface area (Å²) < 4.78 is 1.55. The van der Waals surface area contributed by atoms with Crippen molar-refractivity contribution in [3.63, 3.8) is 0 Å². The molecule has 0 saturated heterocycles. The van der Waals surface area contributed by atoms with Crippen LogP contribution in [0.15, 0.2) is 67.0 Å². The summed E-state index contributed by atoms with van der Waals surface area (Å²) in [4.78, 5) is 25.5. The topological polar surface area (TPSA) is 81.2 Å². The SMILES string of the molecule is Cn1cc(C(=O)N(CC(N)=O)Cc2ccc(-c3ccccc3)cc2)cn1. The maximum Gasteiger partial charge on any atom is 0.257 e. The van der Waals surface area contributed by atoms with E-state index in [2.05, 4.69) is 5.10 Å². The number of aromatic nitrogens is 2. The molecule has 2 N–H and O–H groups in total. The number of hydrogen-bond acceptors (Lipinski definition) is 3. The normalized spacial score (nSPS) is 10.5.